The first kappa shape index (κ1) is 11.8. The Hall–Kier alpha value is -1.22. The summed E-state index contributed by atoms with van der Waals surface area (Å²) in [6, 6.07) is 6.31. The van der Waals surface area contributed by atoms with Crippen LogP contribution < -0.4 is 10.6 Å². The standard InChI is InChI=1S/C15H22N2O/c16-13-7-6-12-4-3-8-17(15(12)10-13)11-14-5-1-2-9-18-14/h6-7,10,14H,1-5,8-9,11,16H2. The molecule has 2 heterocycles. The molecular formula is C15H22N2O. The number of hydrogen-bond donors (Lipinski definition) is 1. The Bertz CT molecular complexity index is 413. The molecule has 0 amide bonds. The number of fused-ring (bicyclic) bond motifs is 1. The maximum atomic E-state index is 5.92. The Balaban J connectivity index is 1.75. The summed E-state index contributed by atoms with van der Waals surface area (Å²) in [5.41, 5.74) is 9.55. The zero-order chi connectivity index (χ0) is 12.4. The first-order chi connectivity index (χ1) is 8.83. The van der Waals surface area contributed by atoms with Gasteiger partial charge in [-0.1, -0.05) is 6.07 Å². The van der Waals surface area contributed by atoms with Gasteiger partial charge in [-0.05, 0) is 49.8 Å². The van der Waals surface area contributed by atoms with Crippen LogP contribution in [0.15, 0.2) is 18.2 Å². The normalized spacial score (nSPS) is 23.8. The quantitative estimate of drug-likeness (QED) is 0.815. The van der Waals surface area contributed by atoms with E-state index in [1.54, 1.807) is 0 Å². The van der Waals surface area contributed by atoms with Crippen molar-refractivity contribution in [3.05, 3.63) is 23.8 Å². The SMILES string of the molecule is Nc1ccc2c(c1)N(CC1CCCCO1)CCC2. The molecule has 2 N–H and O–H groups in total. The summed E-state index contributed by atoms with van der Waals surface area (Å²) in [6.45, 7) is 3.09. The van der Waals surface area contributed by atoms with E-state index in [4.69, 9.17) is 10.5 Å². The lowest BCUT2D eigenvalue weighted by Gasteiger charge is -2.35. The number of nitrogens with zero attached hydrogens (tertiary/aromatic N) is 1. The second-order valence-corrected chi connectivity index (χ2v) is 5.43. The predicted molar refractivity (Wildman–Crippen MR) is 75.0 cm³/mol. The van der Waals surface area contributed by atoms with Gasteiger partial charge in [0.1, 0.15) is 0 Å². The van der Waals surface area contributed by atoms with Gasteiger partial charge in [0, 0.05) is 31.1 Å². The molecule has 3 heteroatoms. The van der Waals surface area contributed by atoms with Gasteiger partial charge in [-0.15, -0.1) is 0 Å². The molecule has 1 aromatic carbocycles. The predicted octanol–water partition coefficient (Wildman–Crippen LogP) is 2.59. The minimum absolute atomic E-state index is 0.408. The Labute approximate surface area is 109 Å². The van der Waals surface area contributed by atoms with Crippen molar-refractivity contribution >= 4 is 11.4 Å². The summed E-state index contributed by atoms with van der Waals surface area (Å²) >= 11 is 0. The maximum Gasteiger partial charge on any atom is 0.0749 e. The molecule has 2 aliphatic heterocycles. The van der Waals surface area contributed by atoms with E-state index < -0.39 is 0 Å². The fraction of sp³-hybridized carbons (Fsp3) is 0.600. The molecule has 0 bridgehead atoms. The lowest BCUT2D eigenvalue weighted by atomic mass is 10.00. The zero-order valence-electron chi connectivity index (χ0n) is 10.9. The average Bonchev–Trinajstić information content (AvgIpc) is 2.41. The molecule has 0 aromatic heterocycles. The Kier molecular flexibility index (Phi) is 3.41. The summed E-state index contributed by atoms with van der Waals surface area (Å²) in [5.74, 6) is 0. The highest BCUT2D eigenvalue weighted by atomic mass is 16.5. The maximum absolute atomic E-state index is 5.92. The minimum atomic E-state index is 0.408. The topological polar surface area (TPSA) is 38.5 Å². The molecule has 1 saturated heterocycles. The van der Waals surface area contributed by atoms with E-state index >= 15 is 0 Å². The lowest BCUT2D eigenvalue weighted by molar-refractivity contribution is 0.0208. The van der Waals surface area contributed by atoms with Crippen molar-refractivity contribution in [2.75, 3.05) is 30.3 Å². The number of nitrogen functional groups attached to an aromatic ring is 1. The average molecular weight is 246 g/mol. The van der Waals surface area contributed by atoms with Crippen molar-refractivity contribution < 1.29 is 4.74 Å². The Morgan fingerprint density at radius 2 is 2.22 bits per heavy atom. The molecule has 1 unspecified atom stereocenters. The molecule has 98 valence electrons. The number of benzene rings is 1. The highest BCUT2D eigenvalue weighted by molar-refractivity contribution is 5.62. The van der Waals surface area contributed by atoms with Crippen LogP contribution in [-0.4, -0.2) is 25.8 Å². The monoisotopic (exact) mass is 246 g/mol. The second-order valence-electron chi connectivity index (χ2n) is 5.43. The highest BCUT2D eigenvalue weighted by Gasteiger charge is 2.22. The van der Waals surface area contributed by atoms with Crippen LogP contribution >= 0.6 is 0 Å². The summed E-state index contributed by atoms with van der Waals surface area (Å²) in [6.07, 6.45) is 6.56. The van der Waals surface area contributed by atoms with Gasteiger partial charge in [0.2, 0.25) is 0 Å². The third-order valence-electron chi connectivity index (χ3n) is 4.02. The van der Waals surface area contributed by atoms with Crippen LogP contribution in [0.4, 0.5) is 11.4 Å². The van der Waals surface area contributed by atoms with Crippen molar-refractivity contribution in [2.45, 2.75) is 38.2 Å². The molecule has 0 spiro atoms. The van der Waals surface area contributed by atoms with Gasteiger partial charge in [-0.3, -0.25) is 0 Å². The summed E-state index contributed by atoms with van der Waals surface area (Å²) in [5, 5.41) is 0. The van der Waals surface area contributed by atoms with Crippen LogP contribution in [0.5, 0.6) is 0 Å². The molecule has 18 heavy (non-hydrogen) atoms. The van der Waals surface area contributed by atoms with E-state index in [9.17, 15) is 0 Å². The number of aryl methyl sites for hydroxylation is 1. The van der Waals surface area contributed by atoms with Gasteiger partial charge >= 0.3 is 0 Å². The van der Waals surface area contributed by atoms with Crippen LogP contribution in [0, 0.1) is 0 Å². The minimum Gasteiger partial charge on any atom is -0.399 e. The number of nitrogens with two attached hydrogens (primary N) is 1. The van der Waals surface area contributed by atoms with Gasteiger partial charge < -0.3 is 15.4 Å². The van der Waals surface area contributed by atoms with Crippen molar-refractivity contribution in [1.82, 2.24) is 0 Å². The van der Waals surface area contributed by atoms with Crippen LogP contribution in [-0.2, 0) is 11.2 Å². The molecule has 3 nitrogen and oxygen atoms in total. The number of hydrogen-bond acceptors (Lipinski definition) is 3. The third kappa shape index (κ3) is 2.46. The Morgan fingerprint density at radius 1 is 1.28 bits per heavy atom. The first-order valence-electron chi connectivity index (χ1n) is 7.08. The summed E-state index contributed by atoms with van der Waals surface area (Å²) in [4.78, 5) is 2.46. The fourth-order valence-electron chi connectivity index (χ4n) is 3.05. The molecule has 0 radical (unpaired) electrons. The second kappa shape index (κ2) is 5.19. The van der Waals surface area contributed by atoms with Gasteiger partial charge in [-0.25, -0.2) is 0 Å². The zero-order valence-corrected chi connectivity index (χ0v) is 10.9. The van der Waals surface area contributed by atoms with Gasteiger partial charge in [-0.2, -0.15) is 0 Å². The van der Waals surface area contributed by atoms with Gasteiger partial charge in [0.15, 0.2) is 0 Å². The molecule has 1 aromatic rings. The molecule has 3 rings (SSSR count). The fourth-order valence-corrected chi connectivity index (χ4v) is 3.05. The van der Waals surface area contributed by atoms with Crippen molar-refractivity contribution in [3.63, 3.8) is 0 Å². The third-order valence-corrected chi connectivity index (χ3v) is 4.02. The van der Waals surface area contributed by atoms with Crippen molar-refractivity contribution in [2.24, 2.45) is 0 Å². The molecule has 0 aliphatic carbocycles. The highest BCUT2D eigenvalue weighted by Crippen LogP contribution is 2.30. The van der Waals surface area contributed by atoms with Crippen molar-refractivity contribution in [1.29, 1.82) is 0 Å². The number of anilines is 2. The van der Waals surface area contributed by atoms with Gasteiger partial charge in [0.25, 0.3) is 0 Å². The van der Waals surface area contributed by atoms with Gasteiger partial charge in [0.05, 0.1) is 6.10 Å². The van der Waals surface area contributed by atoms with E-state index in [0.717, 1.165) is 25.4 Å². The lowest BCUT2D eigenvalue weighted by Crippen LogP contribution is -2.38. The molecule has 0 saturated carbocycles. The molecular weight excluding hydrogens is 224 g/mol. The van der Waals surface area contributed by atoms with Crippen LogP contribution in [0.25, 0.3) is 0 Å². The van der Waals surface area contributed by atoms with E-state index in [2.05, 4.69) is 17.0 Å². The summed E-state index contributed by atoms with van der Waals surface area (Å²) in [7, 11) is 0. The van der Waals surface area contributed by atoms with E-state index in [1.807, 2.05) is 6.07 Å². The summed E-state index contributed by atoms with van der Waals surface area (Å²) < 4.78 is 5.85. The number of ether oxygens (including phenoxy) is 1. The Morgan fingerprint density at radius 3 is 3.06 bits per heavy atom. The number of rotatable bonds is 2. The largest absolute Gasteiger partial charge is 0.399 e. The van der Waals surface area contributed by atoms with Crippen LogP contribution in [0.1, 0.15) is 31.2 Å². The van der Waals surface area contributed by atoms with E-state index in [-0.39, 0.29) is 0 Å². The molecule has 2 aliphatic rings. The van der Waals surface area contributed by atoms with Crippen LogP contribution in [0.2, 0.25) is 0 Å². The van der Waals surface area contributed by atoms with Crippen LogP contribution in [0.3, 0.4) is 0 Å². The first-order valence-corrected chi connectivity index (χ1v) is 7.08. The molecule has 1 atom stereocenters. The van der Waals surface area contributed by atoms with E-state index in [1.165, 1.54) is 43.4 Å². The van der Waals surface area contributed by atoms with E-state index in [0.29, 0.717) is 6.10 Å². The van der Waals surface area contributed by atoms with Crippen molar-refractivity contribution in [3.8, 4) is 0 Å². The smallest absolute Gasteiger partial charge is 0.0749 e. The molecule has 1 fully saturated rings.